The van der Waals surface area contributed by atoms with E-state index >= 15 is 0 Å². The van der Waals surface area contributed by atoms with Gasteiger partial charge in [-0.25, -0.2) is 13.1 Å². The van der Waals surface area contributed by atoms with Gasteiger partial charge in [-0.15, -0.1) is 13.2 Å². The van der Waals surface area contributed by atoms with Gasteiger partial charge in [0.15, 0.2) is 0 Å². The first-order valence-corrected chi connectivity index (χ1v) is 17.6. The highest BCUT2D eigenvalue weighted by Crippen LogP contribution is 2.40. The molecule has 3 atom stereocenters. The van der Waals surface area contributed by atoms with Crippen LogP contribution in [0.15, 0.2) is 108 Å². The van der Waals surface area contributed by atoms with Crippen LogP contribution in [0.5, 0.6) is 5.75 Å². The highest BCUT2D eigenvalue weighted by Gasteiger charge is 2.46. The van der Waals surface area contributed by atoms with Gasteiger partial charge in [0.1, 0.15) is 5.75 Å². The Morgan fingerprint density at radius 3 is 1.87 bits per heavy atom. The molecule has 0 saturated carbocycles. The molecule has 248 valence electrons. The third-order valence-corrected chi connectivity index (χ3v) is 11.1. The summed E-state index contributed by atoms with van der Waals surface area (Å²) in [5, 5.41) is 11.9. The molecule has 6 rings (SSSR count). The van der Waals surface area contributed by atoms with Crippen molar-refractivity contribution in [1.82, 2.24) is 9.03 Å². The largest absolute Gasteiger partial charge is 0.573 e. The molecule has 0 radical (unpaired) electrons. The van der Waals surface area contributed by atoms with Crippen LogP contribution in [-0.4, -0.2) is 63.9 Å². The van der Waals surface area contributed by atoms with Crippen molar-refractivity contribution in [2.45, 2.75) is 42.3 Å². The second-order valence-electron chi connectivity index (χ2n) is 11.2. The number of benzene rings is 4. The van der Waals surface area contributed by atoms with Crippen molar-refractivity contribution >= 4 is 37.3 Å². The Kier molecular flexibility index (Phi) is 8.93. The molecule has 1 fully saturated rings. The zero-order valence-corrected chi connectivity index (χ0v) is 26.3. The number of fused-ring (bicyclic) bond motifs is 2. The maximum absolute atomic E-state index is 13.8. The number of halogens is 3. The number of ether oxygens (including phenoxy) is 1. The average Bonchev–Trinajstić information content (AvgIpc) is 3.19. The van der Waals surface area contributed by atoms with Crippen LogP contribution in [0.25, 0.3) is 0 Å². The molecule has 1 saturated heterocycles. The predicted molar refractivity (Wildman–Crippen MR) is 170 cm³/mol. The van der Waals surface area contributed by atoms with E-state index in [1.807, 2.05) is 53.4 Å². The number of piperidine rings is 1. The smallest absolute Gasteiger partial charge is 0.406 e. The molecule has 0 bridgehead atoms. The number of anilines is 3. The molecular formula is C32H31F3N4O6S2. The van der Waals surface area contributed by atoms with E-state index < -0.39 is 62.0 Å². The molecule has 2 aliphatic heterocycles. The number of nitrogens with one attached hydrogen (secondary N) is 2. The number of alkyl halides is 3. The van der Waals surface area contributed by atoms with Crippen LogP contribution in [-0.2, 0) is 33.1 Å². The van der Waals surface area contributed by atoms with Gasteiger partial charge in [-0.3, -0.25) is 4.72 Å². The first kappa shape index (κ1) is 32.8. The molecular weight excluding hydrogens is 658 g/mol. The fraction of sp³-hybridized carbons (Fsp3) is 0.250. The van der Waals surface area contributed by atoms with Gasteiger partial charge in [-0.2, -0.15) is 12.7 Å². The third-order valence-electron chi connectivity index (χ3n) is 8.13. The summed E-state index contributed by atoms with van der Waals surface area (Å²) in [6.45, 7) is -0.640. The minimum Gasteiger partial charge on any atom is -0.406 e. The number of para-hydroxylation sites is 3. The maximum atomic E-state index is 13.8. The molecule has 10 nitrogen and oxygen atoms in total. The number of hydrogen-bond donors (Lipinski definition) is 3. The van der Waals surface area contributed by atoms with Gasteiger partial charge in [0.2, 0.25) is 10.0 Å². The summed E-state index contributed by atoms with van der Waals surface area (Å²) >= 11 is 0. The molecule has 2 unspecified atom stereocenters. The predicted octanol–water partition coefficient (Wildman–Crippen LogP) is 4.57. The van der Waals surface area contributed by atoms with Gasteiger partial charge >= 0.3 is 16.6 Å². The Bertz CT molecular complexity index is 1900. The highest BCUT2D eigenvalue weighted by atomic mass is 32.2. The van der Waals surface area contributed by atoms with Crippen molar-refractivity contribution in [3.05, 3.63) is 114 Å². The number of aliphatic hydroxyl groups excluding tert-OH is 1. The van der Waals surface area contributed by atoms with Crippen molar-refractivity contribution in [1.29, 1.82) is 0 Å². The van der Waals surface area contributed by atoms with Crippen LogP contribution in [0.1, 0.15) is 11.1 Å². The lowest BCUT2D eigenvalue weighted by molar-refractivity contribution is -0.274. The van der Waals surface area contributed by atoms with E-state index in [0.29, 0.717) is 18.5 Å². The Balaban J connectivity index is 1.39. The lowest BCUT2D eigenvalue weighted by atomic mass is 9.96. The Labute approximate surface area is 270 Å². The summed E-state index contributed by atoms with van der Waals surface area (Å²) < 4.78 is 103. The lowest BCUT2D eigenvalue weighted by Gasteiger charge is -2.46. The topological polar surface area (TPSA) is 128 Å². The average molecular weight is 689 g/mol. The molecule has 3 N–H and O–H groups in total. The Morgan fingerprint density at radius 1 is 0.745 bits per heavy atom. The van der Waals surface area contributed by atoms with E-state index in [1.165, 1.54) is 0 Å². The molecule has 2 aliphatic rings. The van der Waals surface area contributed by atoms with Crippen molar-refractivity contribution in [3.63, 3.8) is 0 Å². The normalized spacial score (nSPS) is 20.5. The van der Waals surface area contributed by atoms with E-state index in [-0.39, 0.29) is 6.54 Å². The lowest BCUT2D eigenvalue weighted by Crippen LogP contribution is -2.66. The van der Waals surface area contributed by atoms with E-state index in [1.54, 1.807) is 30.3 Å². The van der Waals surface area contributed by atoms with Crippen LogP contribution < -0.4 is 19.1 Å². The summed E-state index contributed by atoms with van der Waals surface area (Å²) in [5.41, 5.74) is 3.73. The van der Waals surface area contributed by atoms with Gasteiger partial charge in [-0.05, 0) is 72.5 Å². The second-order valence-corrected chi connectivity index (χ2v) is 14.6. The zero-order chi connectivity index (χ0) is 33.4. The van der Waals surface area contributed by atoms with Gasteiger partial charge in [0.05, 0.1) is 23.1 Å². The minimum atomic E-state index is -4.97. The van der Waals surface area contributed by atoms with Gasteiger partial charge in [0.25, 0.3) is 0 Å². The van der Waals surface area contributed by atoms with Gasteiger partial charge in [0, 0.05) is 30.2 Å². The summed E-state index contributed by atoms with van der Waals surface area (Å²) in [6, 6.07) is 24.6. The van der Waals surface area contributed by atoms with E-state index in [2.05, 4.69) is 14.2 Å². The number of rotatable bonds is 8. The SMILES string of the molecule is O=S(=O)(NC1CN(S(=O)(=O)Nc2ccccc2)CC(N2c3ccccc3CCc3ccccc32)[C@H]1O)c1ccc(OC(F)(F)F)cc1. The molecule has 0 spiro atoms. The van der Waals surface area contributed by atoms with E-state index in [4.69, 9.17) is 0 Å². The monoisotopic (exact) mass is 688 g/mol. The molecule has 4 aromatic carbocycles. The second kappa shape index (κ2) is 12.8. The molecule has 15 heteroatoms. The molecule has 4 aromatic rings. The Morgan fingerprint density at radius 2 is 1.30 bits per heavy atom. The molecule has 0 aliphatic carbocycles. The molecule has 0 aromatic heterocycles. The fourth-order valence-electron chi connectivity index (χ4n) is 6.00. The number of aliphatic hydroxyl groups is 1. The number of nitrogens with zero attached hydrogens (tertiary/aromatic N) is 2. The minimum absolute atomic E-state index is 0.201. The summed E-state index contributed by atoms with van der Waals surface area (Å²) in [4.78, 5) is 1.47. The van der Waals surface area contributed by atoms with E-state index in [0.717, 1.165) is 51.1 Å². The van der Waals surface area contributed by atoms with Crippen LogP contribution in [0, 0.1) is 0 Å². The summed E-state index contributed by atoms with van der Waals surface area (Å²) in [5.74, 6) is -0.614. The first-order chi connectivity index (χ1) is 22.3. The van der Waals surface area contributed by atoms with Gasteiger partial charge < -0.3 is 14.7 Å². The van der Waals surface area contributed by atoms with Crippen molar-refractivity contribution in [2.24, 2.45) is 0 Å². The molecule has 0 amide bonds. The quantitative estimate of drug-likeness (QED) is 0.248. The van der Waals surface area contributed by atoms with Crippen molar-refractivity contribution < 1.29 is 39.9 Å². The molecule has 2 heterocycles. The Hall–Kier alpha value is -4.15. The number of aryl methyl sites for hydroxylation is 2. The van der Waals surface area contributed by atoms with Crippen molar-refractivity contribution in [2.75, 3.05) is 22.7 Å². The summed E-state index contributed by atoms with van der Waals surface area (Å²) in [7, 11) is -8.75. The van der Waals surface area contributed by atoms with Crippen molar-refractivity contribution in [3.8, 4) is 5.75 Å². The maximum Gasteiger partial charge on any atom is 0.573 e. The highest BCUT2D eigenvalue weighted by molar-refractivity contribution is 7.90. The van der Waals surface area contributed by atoms with Crippen LogP contribution in [0.2, 0.25) is 0 Å². The van der Waals surface area contributed by atoms with E-state index in [9.17, 15) is 35.1 Å². The van der Waals surface area contributed by atoms with Crippen LogP contribution >= 0.6 is 0 Å². The standard InChI is InChI=1S/C32H31F3N4O6S2/c33-32(34,35)45-25-16-18-26(19-17-25)46(41,42)37-27-20-38(47(43,44)36-24-10-2-1-3-11-24)21-30(31(27)40)39-28-12-6-4-8-22(28)14-15-23-9-5-7-13-29(23)39/h1-13,16-19,27,30-31,36-37,40H,14-15,20-21H2/t27?,30?,31-/m0/s1. The number of sulfonamides is 1. The third kappa shape index (κ3) is 7.23. The first-order valence-electron chi connectivity index (χ1n) is 14.6. The zero-order valence-electron chi connectivity index (χ0n) is 24.7. The molecule has 47 heavy (non-hydrogen) atoms. The van der Waals surface area contributed by atoms with Crippen LogP contribution in [0.4, 0.5) is 30.2 Å². The van der Waals surface area contributed by atoms with Crippen LogP contribution in [0.3, 0.4) is 0 Å². The number of hydrogen-bond acceptors (Lipinski definition) is 7. The van der Waals surface area contributed by atoms with Gasteiger partial charge in [-0.1, -0.05) is 54.6 Å². The fourth-order valence-corrected chi connectivity index (χ4v) is 8.51. The summed E-state index contributed by atoms with van der Waals surface area (Å²) in [6.07, 6.45) is -5.02.